The Hall–Kier alpha value is -0.0900. The third-order valence-electron chi connectivity index (χ3n) is 3.28. The van der Waals surface area contributed by atoms with Gasteiger partial charge in [0, 0.05) is 25.0 Å². The second-order valence-corrected chi connectivity index (χ2v) is 5.28. The molecular formula is C11H18BrNO2. The summed E-state index contributed by atoms with van der Waals surface area (Å²) in [6, 6.07) is 0. The predicted octanol–water partition coefficient (Wildman–Crippen LogP) is 1.85. The molecule has 15 heavy (non-hydrogen) atoms. The van der Waals surface area contributed by atoms with E-state index in [0.717, 1.165) is 37.8 Å². The first kappa shape index (κ1) is 11.4. The Labute approximate surface area is 99.1 Å². The van der Waals surface area contributed by atoms with Crippen molar-refractivity contribution in [3.8, 4) is 0 Å². The Kier molecular flexibility index (Phi) is 3.67. The average molecular weight is 276 g/mol. The summed E-state index contributed by atoms with van der Waals surface area (Å²) in [4.78, 5) is 11.8. The van der Waals surface area contributed by atoms with E-state index < -0.39 is 0 Å². The van der Waals surface area contributed by atoms with Crippen LogP contribution in [0.1, 0.15) is 32.1 Å². The minimum Gasteiger partial charge on any atom is -0.381 e. The molecule has 0 unspecified atom stereocenters. The molecule has 86 valence electrons. The SMILES string of the molecule is O=C(CC1CC1)NC1(CBr)CCOCC1. The lowest BCUT2D eigenvalue weighted by molar-refractivity contribution is -0.124. The van der Waals surface area contributed by atoms with Gasteiger partial charge in [0.15, 0.2) is 0 Å². The van der Waals surface area contributed by atoms with Crippen LogP contribution in [0, 0.1) is 5.92 Å². The predicted molar refractivity (Wildman–Crippen MR) is 62.1 cm³/mol. The maximum absolute atomic E-state index is 11.8. The molecule has 1 N–H and O–H groups in total. The van der Waals surface area contributed by atoms with E-state index in [2.05, 4.69) is 21.2 Å². The molecule has 0 aromatic rings. The van der Waals surface area contributed by atoms with Crippen molar-refractivity contribution in [2.75, 3.05) is 18.5 Å². The van der Waals surface area contributed by atoms with Crippen LogP contribution in [0.3, 0.4) is 0 Å². The second kappa shape index (κ2) is 4.83. The first-order chi connectivity index (χ1) is 7.24. The quantitative estimate of drug-likeness (QED) is 0.796. The van der Waals surface area contributed by atoms with E-state index in [4.69, 9.17) is 4.74 Å². The summed E-state index contributed by atoms with van der Waals surface area (Å²) in [5, 5.41) is 4.02. The molecular weight excluding hydrogens is 258 g/mol. The van der Waals surface area contributed by atoms with E-state index in [0.29, 0.717) is 5.92 Å². The zero-order valence-electron chi connectivity index (χ0n) is 8.93. The van der Waals surface area contributed by atoms with Crippen LogP contribution in [0.5, 0.6) is 0 Å². The van der Waals surface area contributed by atoms with Crippen molar-refractivity contribution >= 4 is 21.8 Å². The normalized spacial score (nSPS) is 24.9. The van der Waals surface area contributed by atoms with Crippen LogP contribution in [-0.4, -0.2) is 30.0 Å². The van der Waals surface area contributed by atoms with Crippen molar-refractivity contribution < 1.29 is 9.53 Å². The van der Waals surface area contributed by atoms with E-state index in [1.54, 1.807) is 0 Å². The molecule has 0 aromatic heterocycles. The Bertz CT molecular complexity index is 235. The minimum absolute atomic E-state index is 0.0514. The number of amides is 1. The van der Waals surface area contributed by atoms with Gasteiger partial charge in [0.25, 0.3) is 0 Å². The topological polar surface area (TPSA) is 38.3 Å². The smallest absolute Gasteiger partial charge is 0.220 e. The van der Waals surface area contributed by atoms with Gasteiger partial charge in [0.2, 0.25) is 5.91 Å². The molecule has 0 bridgehead atoms. The van der Waals surface area contributed by atoms with Gasteiger partial charge in [-0.05, 0) is 31.6 Å². The molecule has 1 heterocycles. The van der Waals surface area contributed by atoms with Gasteiger partial charge in [-0.25, -0.2) is 0 Å². The Morgan fingerprint density at radius 1 is 1.40 bits per heavy atom. The standard InChI is InChI=1S/C11H18BrNO2/c12-8-11(3-5-15-6-4-11)13-10(14)7-9-1-2-9/h9H,1-8H2,(H,13,14). The number of ether oxygens (including phenoxy) is 1. The van der Waals surface area contributed by atoms with Crippen molar-refractivity contribution in [2.24, 2.45) is 5.92 Å². The summed E-state index contributed by atoms with van der Waals surface area (Å²) < 4.78 is 5.33. The Morgan fingerprint density at radius 3 is 2.60 bits per heavy atom. The monoisotopic (exact) mass is 275 g/mol. The molecule has 2 rings (SSSR count). The van der Waals surface area contributed by atoms with Crippen LogP contribution in [0.2, 0.25) is 0 Å². The lowest BCUT2D eigenvalue weighted by Gasteiger charge is -2.36. The van der Waals surface area contributed by atoms with Crippen molar-refractivity contribution in [3.05, 3.63) is 0 Å². The summed E-state index contributed by atoms with van der Waals surface area (Å²) in [5.41, 5.74) is -0.0514. The third-order valence-corrected chi connectivity index (χ3v) is 4.35. The number of carbonyl (C=O) groups excluding carboxylic acids is 1. The fourth-order valence-electron chi connectivity index (χ4n) is 1.99. The van der Waals surface area contributed by atoms with Gasteiger partial charge in [-0.15, -0.1) is 0 Å². The molecule has 1 saturated carbocycles. The van der Waals surface area contributed by atoms with E-state index in [1.807, 2.05) is 0 Å². The summed E-state index contributed by atoms with van der Waals surface area (Å²) in [7, 11) is 0. The number of hydrogen-bond acceptors (Lipinski definition) is 2. The first-order valence-electron chi connectivity index (χ1n) is 5.69. The molecule has 1 aliphatic carbocycles. The van der Waals surface area contributed by atoms with Gasteiger partial charge in [-0.1, -0.05) is 15.9 Å². The molecule has 0 spiro atoms. The first-order valence-corrected chi connectivity index (χ1v) is 6.81. The number of nitrogens with one attached hydrogen (secondary N) is 1. The van der Waals surface area contributed by atoms with Gasteiger partial charge in [-0.3, -0.25) is 4.79 Å². The molecule has 1 aliphatic heterocycles. The molecule has 1 amide bonds. The fraction of sp³-hybridized carbons (Fsp3) is 0.909. The summed E-state index contributed by atoms with van der Waals surface area (Å²) in [5.74, 6) is 0.885. The van der Waals surface area contributed by atoms with Crippen LogP contribution in [0.15, 0.2) is 0 Å². The van der Waals surface area contributed by atoms with E-state index in [9.17, 15) is 4.79 Å². The minimum atomic E-state index is -0.0514. The average Bonchev–Trinajstić information content (AvgIpc) is 3.03. The Balaban J connectivity index is 1.84. The van der Waals surface area contributed by atoms with Crippen LogP contribution in [-0.2, 0) is 9.53 Å². The van der Waals surface area contributed by atoms with E-state index in [1.165, 1.54) is 12.8 Å². The number of halogens is 1. The van der Waals surface area contributed by atoms with Crippen molar-refractivity contribution in [1.29, 1.82) is 0 Å². The highest BCUT2D eigenvalue weighted by Gasteiger charge is 2.34. The largest absolute Gasteiger partial charge is 0.381 e. The number of rotatable bonds is 4. The summed E-state index contributed by atoms with van der Waals surface area (Å²) in [6.07, 6.45) is 5.04. The third kappa shape index (κ3) is 3.18. The highest BCUT2D eigenvalue weighted by Crippen LogP contribution is 2.33. The fourth-order valence-corrected chi connectivity index (χ4v) is 2.69. The molecule has 2 aliphatic rings. The molecule has 4 heteroatoms. The molecule has 0 radical (unpaired) electrons. The second-order valence-electron chi connectivity index (χ2n) is 4.72. The van der Waals surface area contributed by atoms with Crippen LogP contribution >= 0.6 is 15.9 Å². The highest BCUT2D eigenvalue weighted by molar-refractivity contribution is 9.09. The van der Waals surface area contributed by atoms with Crippen molar-refractivity contribution in [3.63, 3.8) is 0 Å². The number of carbonyl (C=O) groups is 1. The van der Waals surface area contributed by atoms with E-state index >= 15 is 0 Å². The van der Waals surface area contributed by atoms with E-state index in [-0.39, 0.29) is 11.4 Å². The van der Waals surface area contributed by atoms with Crippen molar-refractivity contribution in [1.82, 2.24) is 5.32 Å². The van der Waals surface area contributed by atoms with Crippen LogP contribution in [0.25, 0.3) is 0 Å². The van der Waals surface area contributed by atoms with Gasteiger partial charge in [0.05, 0.1) is 5.54 Å². The molecule has 1 saturated heterocycles. The lowest BCUT2D eigenvalue weighted by Crippen LogP contribution is -2.53. The number of alkyl halides is 1. The maximum atomic E-state index is 11.8. The molecule has 0 aromatic carbocycles. The van der Waals surface area contributed by atoms with Crippen LogP contribution < -0.4 is 5.32 Å². The molecule has 2 fully saturated rings. The zero-order chi connectivity index (χ0) is 10.7. The van der Waals surface area contributed by atoms with Crippen LogP contribution in [0.4, 0.5) is 0 Å². The van der Waals surface area contributed by atoms with Gasteiger partial charge in [-0.2, -0.15) is 0 Å². The summed E-state index contributed by atoms with van der Waals surface area (Å²) >= 11 is 3.51. The molecule has 3 nitrogen and oxygen atoms in total. The highest BCUT2D eigenvalue weighted by atomic mass is 79.9. The van der Waals surface area contributed by atoms with Crippen molar-refractivity contribution in [2.45, 2.75) is 37.6 Å². The lowest BCUT2D eigenvalue weighted by atomic mass is 9.92. The number of hydrogen-bond donors (Lipinski definition) is 1. The van der Waals surface area contributed by atoms with Gasteiger partial charge >= 0.3 is 0 Å². The van der Waals surface area contributed by atoms with Gasteiger partial charge < -0.3 is 10.1 Å². The van der Waals surface area contributed by atoms with Gasteiger partial charge in [0.1, 0.15) is 0 Å². The Morgan fingerprint density at radius 2 is 2.07 bits per heavy atom. The maximum Gasteiger partial charge on any atom is 0.220 e. The molecule has 0 atom stereocenters. The zero-order valence-corrected chi connectivity index (χ0v) is 10.5. The summed E-state index contributed by atoms with van der Waals surface area (Å²) in [6.45, 7) is 1.52.